The molecule has 3 nitrogen and oxygen atoms in total. The summed E-state index contributed by atoms with van der Waals surface area (Å²) >= 11 is 0. The second-order valence-electron chi connectivity index (χ2n) is 1.35. The van der Waals surface area contributed by atoms with Gasteiger partial charge in [-0.15, -0.1) is 0 Å². The van der Waals surface area contributed by atoms with Gasteiger partial charge in [0.05, 0.1) is 0 Å². The molecule has 2 N–H and O–H groups in total. The van der Waals surface area contributed by atoms with Crippen LogP contribution in [0.3, 0.4) is 0 Å². The second-order valence-corrected chi connectivity index (χ2v) is 1.35. The van der Waals surface area contributed by atoms with Crippen LogP contribution in [0.15, 0.2) is 0 Å². The van der Waals surface area contributed by atoms with E-state index in [1.54, 1.807) is 0 Å². The Morgan fingerprint density at radius 1 is 2.00 bits per heavy atom. The Balaban J connectivity index is 3.52. The van der Waals surface area contributed by atoms with Crippen LogP contribution in [-0.4, -0.2) is 17.1 Å². The van der Waals surface area contributed by atoms with Crippen molar-refractivity contribution in [1.82, 2.24) is 5.32 Å². The van der Waals surface area contributed by atoms with Crippen molar-refractivity contribution < 1.29 is 9.90 Å². The van der Waals surface area contributed by atoms with E-state index in [1.807, 2.05) is 6.04 Å². The Hall–Kier alpha value is -1.17. The molecule has 0 unspecified atom stereocenters. The molecule has 0 amide bonds. The number of carboxylic acids is 1. The molecule has 0 aliphatic carbocycles. The van der Waals surface area contributed by atoms with Crippen LogP contribution in [0.5, 0.6) is 0 Å². The molecule has 8 heavy (non-hydrogen) atoms. The molecule has 0 saturated heterocycles. The predicted molar refractivity (Wildman–Crippen MR) is 29.1 cm³/mol. The smallest absolute Gasteiger partial charge is 0.326 e. The average molecular weight is 113 g/mol. The normalized spacial score (nSPS) is 11.5. The Labute approximate surface area is 47.7 Å². The van der Waals surface area contributed by atoms with Crippen LogP contribution in [0.25, 0.3) is 0 Å². The first-order chi connectivity index (χ1) is 3.68. The molecular formula is C5H7NO2. The summed E-state index contributed by atoms with van der Waals surface area (Å²) in [5.74, 6) is -0.942. The lowest BCUT2D eigenvalue weighted by Gasteiger charge is -2.00. The summed E-state index contributed by atoms with van der Waals surface area (Å²) in [5.41, 5.74) is 0. The van der Waals surface area contributed by atoms with Crippen LogP contribution >= 0.6 is 0 Å². The van der Waals surface area contributed by atoms with Crippen LogP contribution in [0.4, 0.5) is 0 Å². The van der Waals surface area contributed by atoms with Gasteiger partial charge < -0.3 is 10.4 Å². The van der Waals surface area contributed by atoms with Gasteiger partial charge in [-0.1, -0.05) is 6.42 Å². The Kier molecular flexibility index (Phi) is 2.49. The fraction of sp³-hybridized carbons (Fsp3) is 0.400. The van der Waals surface area contributed by atoms with Gasteiger partial charge in [-0.25, -0.2) is 4.79 Å². The van der Waals surface area contributed by atoms with Crippen molar-refractivity contribution in [1.29, 1.82) is 0 Å². The fourth-order valence-electron chi connectivity index (χ4n) is 0.187. The number of carbonyl (C=O) groups is 1. The number of nitrogens with one attached hydrogen (secondary N) is 1. The van der Waals surface area contributed by atoms with Gasteiger partial charge in [-0.3, -0.25) is 0 Å². The minimum absolute atomic E-state index is 0.653. The maximum absolute atomic E-state index is 9.93. The van der Waals surface area contributed by atoms with Crippen molar-refractivity contribution >= 4 is 5.97 Å². The van der Waals surface area contributed by atoms with E-state index in [1.165, 1.54) is 6.92 Å². The third-order valence-electron chi connectivity index (χ3n) is 0.670. The van der Waals surface area contributed by atoms with Crippen molar-refractivity contribution in [2.75, 3.05) is 0 Å². The van der Waals surface area contributed by atoms with Gasteiger partial charge in [-0.2, -0.15) is 0 Å². The Bertz CT molecular complexity index is 125. The lowest BCUT2D eigenvalue weighted by atomic mass is 10.4. The first-order valence-corrected chi connectivity index (χ1v) is 2.12. The zero-order chi connectivity index (χ0) is 6.57. The van der Waals surface area contributed by atoms with E-state index in [4.69, 9.17) is 11.5 Å². The van der Waals surface area contributed by atoms with E-state index in [-0.39, 0.29) is 0 Å². The molecule has 0 bridgehead atoms. The first kappa shape index (κ1) is 6.83. The summed E-state index contributed by atoms with van der Waals surface area (Å²) < 4.78 is 0. The Morgan fingerprint density at radius 3 is 2.62 bits per heavy atom. The molecule has 0 radical (unpaired) electrons. The van der Waals surface area contributed by atoms with E-state index in [2.05, 4.69) is 5.32 Å². The quantitative estimate of drug-likeness (QED) is 0.380. The van der Waals surface area contributed by atoms with E-state index < -0.39 is 12.0 Å². The molecule has 0 aromatic heterocycles. The van der Waals surface area contributed by atoms with Crippen LogP contribution in [0.1, 0.15) is 6.92 Å². The molecule has 0 heterocycles. The van der Waals surface area contributed by atoms with Gasteiger partial charge in [0, 0.05) is 6.04 Å². The molecule has 0 rings (SSSR count). The monoisotopic (exact) mass is 113 g/mol. The van der Waals surface area contributed by atoms with Crippen LogP contribution in [0.2, 0.25) is 0 Å². The van der Waals surface area contributed by atoms with E-state index >= 15 is 0 Å². The average Bonchev–Trinajstić information content (AvgIpc) is 1.67. The van der Waals surface area contributed by atoms with E-state index in [0.29, 0.717) is 0 Å². The maximum atomic E-state index is 9.93. The van der Waals surface area contributed by atoms with E-state index in [9.17, 15) is 4.79 Å². The highest BCUT2D eigenvalue weighted by molar-refractivity contribution is 5.73. The summed E-state index contributed by atoms with van der Waals surface area (Å²) in [5, 5.41) is 10.4. The van der Waals surface area contributed by atoms with Gasteiger partial charge in [0.25, 0.3) is 0 Å². The highest BCUT2D eigenvalue weighted by Gasteiger charge is 2.05. The molecule has 0 saturated carbocycles. The number of hydrogen-bond donors (Lipinski definition) is 2. The lowest BCUT2D eigenvalue weighted by molar-refractivity contribution is -0.138. The Morgan fingerprint density at radius 2 is 2.50 bits per heavy atom. The maximum Gasteiger partial charge on any atom is 0.326 e. The molecule has 44 valence electrons. The standard InChI is InChI=1S/C5H7NO2/c1-3-6-4(2)5(7)8/h1,4,6H,2H3,(H,7,8)/t4-/m0/s1. The summed E-state index contributed by atoms with van der Waals surface area (Å²) in [6.07, 6.45) is 4.74. The largest absolute Gasteiger partial charge is 0.480 e. The molecule has 1 atom stereocenters. The first-order valence-electron chi connectivity index (χ1n) is 2.12. The third-order valence-corrected chi connectivity index (χ3v) is 0.670. The molecule has 0 aliphatic heterocycles. The van der Waals surface area contributed by atoms with Crippen LogP contribution < -0.4 is 5.32 Å². The number of terminal acetylenes is 1. The van der Waals surface area contributed by atoms with E-state index in [0.717, 1.165) is 0 Å². The molecular weight excluding hydrogens is 106 g/mol. The van der Waals surface area contributed by atoms with Gasteiger partial charge in [0.15, 0.2) is 0 Å². The van der Waals surface area contributed by atoms with Crippen molar-refractivity contribution in [2.45, 2.75) is 13.0 Å². The van der Waals surface area contributed by atoms with Crippen molar-refractivity contribution in [3.8, 4) is 12.5 Å². The van der Waals surface area contributed by atoms with Gasteiger partial charge >= 0.3 is 5.97 Å². The van der Waals surface area contributed by atoms with Crippen molar-refractivity contribution in [3.05, 3.63) is 0 Å². The molecule has 0 aromatic rings. The third kappa shape index (κ3) is 2.08. The van der Waals surface area contributed by atoms with Gasteiger partial charge in [0.2, 0.25) is 0 Å². The zero-order valence-corrected chi connectivity index (χ0v) is 4.51. The van der Waals surface area contributed by atoms with Gasteiger partial charge in [-0.05, 0) is 6.92 Å². The van der Waals surface area contributed by atoms with Crippen molar-refractivity contribution in [3.63, 3.8) is 0 Å². The fourth-order valence-corrected chi connectivity index (χ4v) is 0.187. The summed E-state index contributed by atoms with van der Waals surface area (Å²) in [7, 11) is 0. The molecule has 3 heteroatoms. The zero-order valence-electron chi connectivity index (χ0n) is 4.51. The lowest BCUT2D eigenvalue weighted by Crippen LogP contribution is -2.29. The SMILES string of the molecule is C#CN[C@@H](C)C(=O)O. The number of hydrogen-bond acceptors (Lipinski definition) is 2. The van der Waals surface area contributed by atoms with Crippen LogP contribution in [-0.2, 0) is 4.79 Å². The number of aliphatic carboxylic acids is 1. The highest BCUT2D eigenvalue weighted by atomic mass is 16.4. The minimum Gasteiger partial charge on any atom is -0.480 e. The van der Waals surface area contributed by atoms with Crippen molar-refractivity contribution in [2.24, 2.45) is 0 Å². The van der Waals surface area contributed by atoms with Gasteiger partial charge in [0.1, 0.15) is 6.04 Å². The summed E-state index contributed by atoms with van der Waals surface area (Å²) in [4.78, 5) is 9.93. The number of carboxylic acid groups (broad SMARTS) is 1. The summed E-state index contributed by atoms with van der Waals surface area (Å²) in [6, 6.07) is 1.37. The number of rotatable bonds is 2. The predicted octanol–water partition coefficient (Wildman–Crippen LogP) is -0.360. The highest BCUT2D eigenvalue weighted by Crippen LogP contribution is 1.75. The molecule has 0 fully saturated rings. The molecule has 0 spiro atoms. The second kappa shape index (κ2) is 2.92. The minimum atomic E-state index is -0.942. The topological polar surface area (TPSA) is 49.3 Å². The van der Waals surface area contributed by atoms with Crippen LogP contribution in [0, 0.1) is 12.5 Å². The molecule has 0 aliphatic rings. The summed E-state index contributed by atoms with van der Waals surface area (Å²) in [6.45, 7) is 1.47. The molecule has 0 aromatic carbocycles.